The second-order valence-corrected chi connectivity index (χ2v) is 5.60. The number of pyridine rings is 1. The quantitative estimate of drug-likeness (QED) is 0.781. The first-order valence-corrected chi connectivity index (χ1v) is 7.22. The van der Waals surface area contributed by atoms with E-state index in [9.17, 15) is 4.79 Å². The number of amides is 1. The molecule has 2 fully saturated rings. The van der Waals surface area contributed by atoms with Gasteiger partial charge in [-0.2, -0.15) is 0 Å². The third-order valence-electron chi connectivity index (χ3n) is 4.29. The zero-order chi connectivity index (χ0) is 13.2. The van der Waals surface area contributed by atoms with E-state index >= 15 is 0 Å². The van der Waals surface area contributed by atoms with Crippen LogP contribution in [0.5, 0.6) is 0 Å². The van der Waals surface area contributed by atoms with Gasteiger partial charge in [-0.1, -0.05) is 0 Å². The van der Waals surface area contributed by atoms with Crippen LogP contribution in [0.1, 0.15) is 42.9 Å². The van der Waals surface area contributed by atoms with Gasteiger partial charge in [0.15, 0.2) is 0 Å². The number of carbonyl (C=O) groups excluding carboxylic acids is 1. The summed E-state index contributed by atoms with van der Waals surface area (Å²) in [6.07, 6.45) is 7.63. The van der Waals surface area contributed by atoms with Crippen LogP contribution in [0.3, 0.4) is 0 Å². The third-order valence-corrected chi connectivity index (χ3v) is 4.29. The molecule has 1 aromatic rings. The number of nitrogens with zero attached hydrogens (tertiary/aromatic N) is 3. The fourth-order valence-corrected chi connectivity index (χ4v) is 3.30. The Bertz CT molecular complexity index is 468. The van der Waals surface area contributed by atoms with Crippen molar-refractivity contribution >= 4 is 12.2 Å². The molecule has 102 valence electrons. The summed E-state index contributed by atoms with van der Waals surface area (Å²) in [4.78, 5) is 20.0. The lowest BCUT2D eigenvalue weighted by molar-refractivity contribution is -0.118. The summed E-state index contributed by atoms with van der Waals surface area (Å²) in [5.41, 5.74) is 2.42. The van der Waals surface area contributed by atoms with E-state index in [-0.39, 0.29) is 6.04 Å². The third kappa shape index (κ3) is 2.31. The summed E-state index contributed by atoms with van der Waals surface area (Å²) in [6.45, 7) is 5.25. The van der Waals surface area contributed by atoms with E-state index in [1.165, 1.54) is 24.0 Å². The molecule has 3 heterocycles. The average molecular weight is 259 g/mol. The van der Waals surface area contributed by atoms with Crippen LogP contribution in [0, 0.1) is 6.92 Å². The van der Waals surface area contributed by atoms with Crippen LogP contribution in [0.4, 0.5) is 5.82 Å². The Hall–Kier alpha value is -1.58. The van der Waals surface area contributed by atoms with Gasteiger partial charge in [0.1, 0.15) is 5.82 Å². The molecular weight excluding hydrogens is 238 g/mol. The van der Waals surface area contributed by atoms with Crippen molar-refractivity contribution in [3.8, 4) is 0 Å². The van der Waals surface area contributed by atoms with Crippen molar-refractivity contribution in [1.29, 1.82) is 0 Å². The molecule has 0 radical (unpaired) electrons. The second kappa shape index (κ2) is 5.19. The van der Waals surface area contributed by atoms with Crippen molar-refractivity contribution in [2.75, 3.05) is 24.5 Å². The van der Waals surface area contributed by atoms with E-state index in [0.29, 0.717) is 0 Å². The van der Waals surface area contributed by atoms with E-state index in [4.69, 9.17) is 0 Å². The summed E-state index contributed by atoms with van der Waals surface area (Å²) in [6, 6.07) is 2.45. The molecule has 1 amide bonds. The average Bonchev–Trinajstić information content (AvgIpc) is 3.09. The number of hydrogen-bond acceptors (Lipinski definition) is 3. The van der Waals surface area contributed by atoms with Crippen LogP contribution in [-0.2, 0) is 4.79 Å². The van der Waals surface area contributed by atoms with Crippen LogP contribution in [0.2, 0.25) is 0 Å². The first kappa shape index (κ1) is 12.5. The highest BCUT2D eigenvalue weighted by molar-refractivity contribution is 5.52. The Morgan fingerprint density at radius 1 is 1.26 bits per heavy atom. The van der Waals surface area contributed by atoms with E-state index in [1.54, 1.807) is 0 Å². The maximum Gasteiger partial charge on any atom is 0.210 e. The maximum atomic E-state index is 11.0. The lowest BCUT2D eigenvalue weighted by Crippen LogP contribution is -2.23. The first-order valence-electron chi connectivity index (χ1n) is 7.22. The number of rotatable bonds is 3. The fourth-order valence-electron chi connectivity index (χ4n) is 3.30. The van der Waals surface area contributed by atoms with Crippen LogP contribution in [0.25, 0.3) is 0 Å². The van der Waals surface area contributed by atoms with Gasteiger partial charge >= 0.3 is 0 Å². The number of carbonyl (C=O) groups is 1. The first-order chi connectivity index (χ1) is 9.29. The van der Waals surface area contributed by atoms with Gasteiger partial charge in [-0.3, -0.25) is 4.79 Å². The van der Waals surface area contributed by atoms with Gasteiger partial charge in [-0.05, 0) is 49.8 Å². The van der Waals surface area contributed by atoms with Crippen LogP contribution in [-0.4, -0.2) is 35.9 Å². The number of aromatic nitrogens is 1. The van der Waals surface area contributed by atoms with E-state index < -0.39 is 0 Å². The topological polar surface area (TPSA) is 36.4 Å². The highest BCUT2D eigenvalue weighted by atomic mass is 16.1. The predicted molar refractivity (Wildman–Crippen MR) is 75.2 cm³/mol. The molecule has 0 bridgehead atoms. The largest absolute Gasteiger partial charge is 0.356 e. The lowest BCUT2D eigenvalue weighted by Gasteiger charge is -2.23. The van der Waals surface area contributed by atoms with Crippen LogP contribution >= 0.6 is 0 Å². The van der Waals surface area contributed by atoms with Gasteiger partial charge in [0.2, 0.25) is 6.41 Å². The molecule has 4 heteroatoms. The van der Waals surface area contributed by atoms with Gasteiger partial charge in [0, 0.05) is 25.8 Å². The number of hydrogen-bond donors (Lipinski definition) is 0. The zero-order valence-corrected chi connectivity index (χ0v) is 11.5. The molecule has 2 aliphatic rings. The Morgan fingerprint density at radius 2 is 2.05 bits per heavy atom. The summed E-state index contributed by atoms with van der Waals surface area (Å²) in [5.74, 6) is 1.12. The molecule has 0 aromatic carbocycles. The molecule has 0 saturated carbocycles. The van der Waals surface area contributed by atoms with Crippen molar-refractivity contribution in [2.45, 2.75) is 38.6 Å². The van der Waals surface area contributed by atoms with E-state index in [1.807, 2.05) is 11.1 Å². The molecule has 0 spiro atoms. The molecule has 4 nitrogen and oxygen atoms in total. The summed E-state index contributed by atoms with van der Waals surface area (Å²) >= 11 is 0. The van der Waals surface area contributed by atoms with Crippen molar-refractivity contribution in [3.05, 3.63) is 23.4 Å². The normalized spacial score (nSPS) is 23.1. The van der Waals surface area contributed by atoms with Gasteiger partial charge in [-0.15, -0.1) is 0 Å². The molecule has 3 rings (SSSR count). The molecule has 1 unspecified atom stereocenters. The van der Waals surface area contributed by atoms with Crippen molar-refractivity contribution in [3.63, 3.8) is 0 Å². The smallest absolute Gasteiger partial charge is 0.210 e. The summed E-state index contributed by atoms with van der Waals surface area (Å²) < 4.78 is 0. The Kier molecular flexibility index (Phi) is 3.40. The van der Waals surface area contributed by atoms with Gasteiger partial charge < -0.3 is 9.80 Å². The van der Waals surface area contributed by atoms with E-state index in [0.717, 1.165) is 44.7 Å². The Morgan fingerprint density at radius 3 is 2.74 bits per heavy atom. The zero-order valence-electron chi connectivity index (χ0n) is 11.5. The van der Waals surface area contributed by atoms with Gasteiger partial charge in [0.25, 0.3) is 0 Å². The molecule has 1 aromatic heterocycles. The van der Waals surface area contributed by atoms with Crippen molar-refractivity contribution < 1.29 is 4.79 Å². The monoisotopic (exact) mass is 259 g/mol. The molecule has 2 saturated heterocycles. The molecule has 0 aliphatic carbocycles. The van der Waals surface area contributed by atoms with Crippen LogP contribution in [0.15, 0.2) is 12.3 Å². The highest BCUT2D eigenvalue weighted by Crippen LogP contribution is 2.32. The standard InChI is InChI=1S/C15H21N3O/c1-12-9-13(14-5-4-8-18(14)11-19)10-16-15(12)17-6-2-3-7-17/h9-11,14H,2-8H2,1H3. The number of likely N-dealkylation sites (tertiary alicyclic amines) is 1. The van der Waals surface area contributed by atoms with Gasteiger partial charge in [-0.25, -0.2) is 4.98 Å². The minimum absolute atomic E-state index is 0.233. The van der Waals surface area contributed by atoms with Gasteiger partial charge in [0.05, 0.1) is 6.04 Å². The summed E-state index contributed by atoms with van der Waals surface area (Å²) in [7, 11) is 0. The Labute approximate surface area is 114 Å². The highest BCUT2D eigenvalue weighted by Gasteiger charge is 2.25. The fraction of sp³-hybridized carbons (Fsp3) is 0.600. The SMILES string of the molecule is Cc1cc(C2CCCN2C=O)cnc1N1CCCC1. The van der Waals surface area contributed by atoms with Crippen LogP contribution < -0.4 is 4.90 Å². The Balaban J connectivity index is 1.84. The van der Waals surface area contributed by atoms with Crippen molar-refractivity contribution in [2.24, 2.45) is 0 Å². The lowest BCUT2D eigenvalue weighted by atomic mass is 10.0. The maximum absolute atomic E-state index is 11.0. The number of aryl methyl sites for hydroxylation is 1. The predicted octanol–water partition coefficient (Wildman–Crippen LogP) is 2.28. The molecule has 1 atom stereocenters. The molecule has 2 aliphatic heterocycles. The summed E-state index contributed by atoms with van der Waals surface area (Å²) in [5, 5.41) is 0. The molecular formula is C15H21N3O. The second-order valence-electron chi connectivity index (χ2n) is 5.60. The minimum Gasteiger partial charge on any atom is -0.356 e. The van der Waals surface area contributed by atoms with E-state index in [2.05, 4.69) is 22.9 Å². The van der Waals surface area contributed by atoms with Crippen molar-refractivity contribution in [1.82, 2.24) is 9.88 Å². The molecule has 19 heavy (non-hydrogen) atoms. The molecule has 0 N–H and O–H groups in total. The minimum atomic E-state index is 0.233. The number of anilines is 1.